The second kappa shape index (κ2) is 5.48. The van der Waals surface area contributed by atoms with Crippen LogP contribution in [0.1, 0.15) is 18.4 Å². The number of hydrogen-bond donors (Lipinski definition) is 1. The van der Waals surface area contributed by atoms with Gasteiger partial charge in [-0.1, -0.05) is 18.2 Å². The molecule has 0 unspecified atom stereocenters. The minimum Gasteiger partial charge on any atom is -0.439 e. The molecule has 1 heterocycles. The fraction of sp³-hybridized carbons (Fsp3) is 0.235. The van der Waals surface area contributed by atoms with Gasteiger partial charge >= 0.3 is 0 Å². The maximum absolute atomic E-state index is 5.81. The molecule has 4 nitrogen and oxygen atoms in total. The number of fused-ring (bicyclic) bond motifs is 1. The van der Waals surface area contributed by atoms with Crippen LogP contribution in [0, 0.1) is 6.92 Å². The Balaban J connectivity index is 1.90. The first kappa shape index (κ1) is 13.5. The van der Waals surface area contributed by atoms with Gasteiger partial charge in [-0.2, -0.15) is 0 Å². The van der Waals surface area contributed by atoms with E-state index in [9.17, 15) is 0 Å². The Morgan fingerprint density at radius 3 is 2.76 bits per heavy atom. The molecule has 0 atom stereocenters. The third kappa shape index (κ3) is 2.70. The fourth-order valence-corrected chi connectivity index (χ4v) is 2.51. The number of nitrogen functional groups attached to an aromatic ring is 1. The third-order valence-electron chi connectivity index (χ3n) is 3.62. The molecular formula is C17H19N3O. The molecule has 3 aromatic rings. The lowest BCUT2D eigenvalue weighted by Crippen LogP contribution is -2.22. The predicted molar refractivity (Wildman–Crippen MR) is 86.3 cm³/mol. The Morgan fingerprint density at radius 1 is 1.19 bits per heavy atom. The van der Waals surface area contributed by atoms with E-state index in [2.05, 4.69) is 48.0 Å². The number of benzene rings is 2. The minimum atomic E-state index is 0.649. The summed E-state index contributed by atoms with van der Waals surface area (Å²) in [6.45, 7) is 5.79. The molecule has 2 aromatic carbocycles. The average molecular weight is 281 g/mol. The molecule has 0 aliphatic carbocycles. The number of oxazole rings is 1. The molecule has 2 N–H and O–H groups in total. The second-order valence-electron chi connectivity index (χ2n) is 5.14. The normalized spacial score (nSPS) is 11.0. The van der Waals surface area contributed by atoms with E-state index in [1.807, 2.05) is 18.2 Å². The Bertz CT molecular complexity index is 764. The molecule has 0 spiro atoms. The van der Waals surface area contributed by atoms with Gasteiger partial charge in [-0.05, 0) is 43.7 Å². The summed E-state index contributed by atoms with van der Waals surface area (Å²) in [4.78, 5) is 6.78. The van der Waals surface area contributed by atoms with E-state index in [1.165, 1.54) is 11.3 Å². The number of aromatic nitrogens is 1. The van der Waals surface area contributed by atoms with Gasteiger partial charge in [-0.15, -0.1) is 0 Å². The smallest absolute Gasteiger partial charge is 0.215 e. The van der Waals surface area contributed by atoms with Gasteiger partial charge in [0.05, 0.1) is 6.54 Å². The third-order valence-corrected chi connectivity index (χ3v) is 3.62. The summed E-state index contributed by atoms with van der Waals surface area (Å²) in [6.07, 6.45) is 0. The van der Waals surface area contributed by atoms with E-state index < -0.39 is 0 Å². The Morgan fingerprint density at radius 2 is 2.00 bits per heavy atom. The quantitative estimate of drug-likeness (QED) is 0.740. The lowest BCUT2D eigenvalue weighted by molar-refractivity contribution is 0.521. The topological polar surface area (TPSA) is 55.3 Å². The molecule has 21 heavy (non-hydrogen) atoms. The van der Waals surface area contributed by atoms with Crippen molar-refractivity contribution in [2.45, 2.75) is 20.4 Å². The Labute approximate surface area is 124 Å². The summed E-state index contributed by atoms with van der Waals surface area (Å²) in [5.74, 6) is 0.709. The zero-order chi connectivity index (χ0) is 14.8. The highest BCUT2D eigenvalue weighted by atomic mass is 16.3. The molecule has 0 fully saturated rings. The van der Waals surface area contributed by atoms with Gasteiger partial charge in [0.1, 0.15) is 5.52 Å². The molecule has 3 rings (SSSR count). The Hall–Kier alpha value is -2.49. The molecule has 0 bridgehead atoms. The summed E-state index contributed by atoms with van der Waals surface area (Å²) < 4.78 is 5.81. The zero-order valence-electron chi connectivity index (χ0n) is 12.3. The standard InChI is InChI=1S/C17H19N3O/c1-3-20(15-7-5-4-6-12(15)2)11-17-19-14-10-13(18)8-9-16(14)21-17/h4-10H,3,11,18H2,1-2H3. The van der Waals surface area contributed by atoms with E-state index >= 15 is 0 Å². The molecule has 4 heteroatoms. The van der Waals surface area contributed by atoms with E-state index in [1.54, 1.807) is 0 Å². The summed E-state index contributed by atoms with van der Waals surface area (Å²) in [5, 5.41) is 0. The number of anilines is 2. The van der Waals surface area contributed by atoms with Gasteiger partial charge in [0, 0.05) is 17.9 Å². The molecular weight excluding hydrogens is 262 g/mol. The average Bonchev–Trinajstić information content (AvgIpc) is 2.87. The van der Waals surface area contributed by atoms with Crippen molar-refractivity contribution in [1.29, 1.82) is 0 Å². The highest BCUT2D eigenvalue weighted by Gasteiger charge is 2.12. The number of para-hydroxylation sites is 1. The molecule has 0 aliphatic rings. The van der Waals surface area contributed by atoms with E-state index in [-0.39, 0.29) is 0 Å². The van der Waals surface area contributed by atoms with Gasteiger partial charge in [0.25, 0.3) is 0 Å². The molecule has 0 saturated carbocycles. The van der Waals surface area contributed by atoms with Crippen LogP contribution in [0.3, 0.4) is 0 Å². The summed E-state index contributed by atoms with van der Waals surface area (Å²) >= 11 is 0. The molecule has 0 amide bonds. The van der Waals surface area contributed by atoms with Crippen LogP contribution in [0.15, 0.2) is 46.9 Å². The van der Waals surface area contributed by atoms with Crippen molar-refractivity contribution in [1.82, 2.24) is 4.98 Å². The van der Waals surface area contributed by atoms with Crippen molar-refractivity contribution in [2.75, 3.05) is 17.2 Å². The molecule has 108 valence electrons. The highest BCUT2D eigenvalue weighted by molar-refractivity contribution is 5.76. The largest absolute Gasteiger partial charge is 0.439 e. The highest BCUT2D eigenvalue weighted by Crippen LogP contribution is 2.23. The first-order valence-corrected chi connectivity index (χ1v) is 7.13. The van der Waals surface area contributed by atoms with Crippen LogP contribution in [-0.2, 0) is 6.54 Å². The van der Waals surface area contributed by atoms with Crippen LogP contribution in [0.4, 0.5) is 11.4 Å². The number of nitrogens with zero attached hydrogens (tertiary/aromatic N) is 2. The number of rotatable bonds is 4. The van der Waals surface area contributed by atoms with Crippen LogP contribution in [0.2, 0.25) is 0 Å². The van der Waals surface area contributed by atoms with Gasteiger partial charge in [-0.25, -0.2) is 4.98 Å². The molecule has 0 saturated heterocycles. The van der Waals surface area contributed by atoms with Crippen LogP contribution < -0.4 is 10.6 Å². The second-order valence-corrected chi connectivity index (χ2v) is 5.14. The van der Waals surface area contributed by atoms with E-state index in [0.29, 0.717) is 18.1 Å². The lowest BCUT2D eigenvalue weighted by Gasteiger charge is -2.23. The van der Waals surface area contributed by atoms with Gasteiger partial charge in [0.15, 0.2) is 5.58 Å². The summed E-state index contributed by atoms with van der Waals surface area (Å²) in [6, 6.07) is 13.9. The van der Waals surface area contributed by atoms with E-state index in [4.69, 9.17) is 10.2 Å². The van der Waals surface area contributed by atoms with Gasteiger partial charge in [0.2, 0.25) is 5.89 Å². The number of hydrogen-bond acceptors (Lipinski definition) is 4. The SMILES string of the molecule is CCN(Cc1nc2cc(N)ccc2o1)c1ccccc1C. The maximum atomic E-state index is 5.81. The van der Waals surface area contributed by atoms with Crippen molar-refractivity contribution in [3.05, 3.63) is 53.9 Å². The van der Waals surface area contributed by atoms with E-state index in [0.717, 1.165) is 17.6 Å². The first-order chi connectivity index (χ1) is 10.2. The minimum absolute atomic E-state index is 0.649. The fourth-order valence-electron chi connectivity index (χ4n) is 2.51. The van der Waals surface area contributed by atoms with Crippen molar-refractivity contribution < 1.29 is 4.42 Å². The zero-order valence-corrected chi connectivity index (χ0v) is 12.3. The first-order valence-electron chi connectivity index (χ1n) is 7.13. The van der Waals surface area contributed by atoms with Gasteiger partial charge in [-0.3, -0.25) is 0 Å². The predicted octanol–water partition coefficient (Wildman–Crippen LogP) is 3.74. The van der Waals surface area contributed by atoms with Crippen LogP contribution >= 0.6 is 0 Å². The van der Waals surface area contributed by atoms with Crippen molar-refractivity contribution in [3.63, 3.8) is 0 Å². The summed E-state index contributed by atoms with van der Waals surface area (Å²) in [5.41, 5.74) is 10.5. The monoisotopic (exact) mass is 281 g/mol. The molecule has 0 aliphatic heterocycles. The van der Waals surface area contributed by atoms with Crippen LogP contribution in [0.25, 0.3) is 11.1 Å². The Kier molecular flexibility index (Phi) is 3.52. The van der Waals surface area contributed by atoms with Crippen LogP contribution in [-0.4, -0.2) is 11.5 Å². The van der Waals surface area contributed by atoms with Crippen LogP contribution in [0.5, 0.6) is 0 Å². The van der Waals surface area contributed by atoms with Crippen molar-refractivity contribution in [2.24, 2.45) is 0 Å². The lowest BCUT2D eigenvalue weighted by atomic mass is 10.2. The van der Waals surface area contributed by atoms with Crippen molar-refractivity contribution in [3.8, 4) is 0 Å². The van der Waals surface area contributed by atoms with Crippen molar-refractivity contribution >= 4 is 22.5 Å². The number of nitrogens with two attached hydrogens (primary N) is 1. The summed E-state index contributed by atoms with van der Waals surface area (Å²) in [7, 11) is 0. The maximum Gasteiger partial charge on any atom is 0.215 e. The number of aryl methyl sites for hydroxylation is 1. The molecule has 0 radical (unpaired) electrons. The molecule has 1 aromatic heterocycles. The van der Waals surface area contributed by atoms with Gasteiger partial charge < -0.3 is 15.1 Å².